The van der Waals surface area contributed by atoms with Crippen LogP contribution in [-0.2, 0) is 0 Å². The molecule has 0 saturated carbocycles. The summed E-state index contributed by atoms with van der Waals surface area (Å²) in [6.45, 7) is 2.07. The Morgan fingerprint density at radius 3 is 2.00 bits per heavy atom. The fourth-order valence-corrected chi connectivity index (χ4v) is 1.90. The van der Waals surface area contributed by atoms with Crippen LogP contribution in [0.4, 0.5) is 5.69 Å². The average molecular weight is 293 g/mol. The highest BCUT2D eigenvalue weighted by atomic mass is 35.5. The van der Waals surface area contributed by atoms with Gasteiger partial charge in [-0.3, -0.25) is 5.43 Å². The summed E-state index contributed by atoms with van der Waals surface area (Å²) in [5.74, 6) is 0. The van der Waals surface area contributed by atoms with Crippen LogP contribution >= 0.6 is 23.2 Å². The highest BCUT2D eigenvalue weighted by Crippen LogP contribution is 2.15. The van der Waals surface area contributed by atoms with E-state index in [1.807, 2.05) is 48.5 Å². The quantitative estimate of drug-likeness (QED) is 0.606. The van der Waals surface area contributed by atoms with Gasteiger partial charge in [0.25, 0.3) is 0 Å². The van der Waals surface area contributed by atoms with Gasteiger partial charge in [0.15, 0.2) is 0 Å². The Kier molecular flexibility index (Phi) is 4.83. The Hall–Kier alpha value is -1.51. The van der Waals surface area contributed by atoms with E-state index in [0.29, 0.717) is 5.02 Å². The van der Waals surface area contributed by atoms with E-state index >= 15 is 0 Å². The van der Waals surface area contributed by atoms with Gasteiger partial charge in [-0.2, -0.15) is 5.10 Å². The van der Waals surface area contributed by atoms with E-state index in [4.69, 9.17) is 23.2 Å². The molecule has 19 heavy (non-hydrogen) atoms. The first kappa shape index (κ1) is 13.9. The van der Waals surface area contributed by atoms with E-state index in [1.165, 1.54) is 0 Å². The first-order valence-corrected chi connectivity index (χ1v) is 6.78. The van der Waals surface area contributed by atoms with Crippen molar-refractivity contribution >= 4 is 34.6 Å². The zero-order valence-corrected chi connectivity index (χ0v) is 12.0. The molecule has 1 N–H and O–H groups in total. The van der Waals surface area contributed by atoms with Crippen LogP contribution in [0, 0.1) is 0 Å². The smallest absolute Gasteiger partial charge is 0.0676 e. The van der Waals surface area contributed by atoms with Crippen LogP contribution in [0.25, 0.3) is 0 Å². The summed E-state index contributed by atoms with van der Waals surface area (Å²) in [7, 11) is 0. The van der Waals surface area contributed by atoms with Crippen molar-refractivity contribution < 1.29 is 0 Å². The van der Waals surface area contributed by atoms with Crippen molar-refractivity contribution in [2.75, 3.05) is 5.43 Å². The van der Waals surface area contributed by atoms with Crippen molar-refractivity contribution in [1.29, 1.82) is 0 Å². The maximum Gasteiger partial charge on any atom is 0.0676 e. The number of hydrazone groups is 1. The Balaban J connectivity index is 2.15. The van der Waals surface area contributed by atoms with Gasteiger partial charge >= 0.3 is 0 Å². The Morgan fingerprint density at radius 2 is 1.47 bits per heavy atom. The predicted octanol–water partition coefficient (Wildman–Crippen LogP) is 5.22. The number of nitrogens with one attached hydrogen (secondary N) is 1. The zero-order valence-electron chi connectivity index (χ0n) is 10.5. The second-order valence-corrected chi connectivity index (χ2v) is 4.91. The normalized spacial score (nSPS) is 11.4. The third-order valence-corrected chi connectivity index (χ3v) is 3.18. The summed E-state index contributed by atoms with van der Waals surface area (Å²) in [5.41, 5.74) is 5.98. The molecule has 0 spiro atoms. The van der Waals surface area contributed by atoms with Gasteiger partial charge in [0, 0.05) is 10.0 Å². The fraction of sp³-hybridized carbons (Fsp3) is 0.133. The van der Waals surface area contributed by atoms with E-state index in [2.05, 4.69) is 17.5 Å². The van der Waals surface area contributed by atoms with E-state index < -0.39 is 0 Å². The van der Waals surface area contributed by atoms with Gasteiger partial charge in [0.1, 0.15) is 0 Å². The van der Waals surface area contributed by atoms with Gasteiger partial charge in [0.05, 0.1) is 11.4 Å². The van der Waals surface area contributed by atoms with Crippen molar-refractivity contribution in [1.82, 2.24) is 0 Å². The standard InChI is InChI=1S/C15H14Cl2N2/c1-2-15(11-3-5-12(16)6-4-11)19-18-14-9-7-13(17)8-10-14/h3-10,18H,2H2,1H3/b19-15-. The largest absolute Gasteiger partial charge is 0.278 e. The van der Waals surface area contributed by atoms with E-state index in [-0.39, 0.29) is 0 Å². The topological polar surface area (TPSA) is 24.4 Å². The molecule has 2 aromatic carbocycles. The van der Waals surface area contributed by atoms with Gasteiger partial charge in [-0.25, -0.2) is 0 Å². The van der Waals surface area contributed by atoms with Crippen molar-refractivity contribution in [2.24, 2.45) is 5.10 Å². The highest BCUT2D eigenvalue weighted by molar-refractivity contribution is 6.31. The van der Waals surface area contributed by atoms with E-state index in [0.717, 1.165) is 28.4 Å². The molecule has 0 fully saturated rings. The van der Waals surface area contributed by atoms with Gasteiger partial charge < -0.3 is 0 Å². The molecule has 0 unspecified atom stereocenters. The molecule has 0 amide bonds. The molecular weight excluding hydrogens is 279 g/mol. The lowest BCUT2D eigenvalue weighted by atomic mass is 10.1. The molecule has 2 rings (SSSR count). The number of rotatable bonds is 4. The monoisotopic (exact) mass is 292 g/mol. The summed E-state index contributed by atoms with van der Waals surface area (Å²) < 4.78 is 0. The van der Waals surface area contributed by atoms with E-state index in [9.17, 15) is 0 Å². The zero-order chi connectivity index (χ0) is 13.7. The average Bonchev–Trinajstić information content (AvgIpc) is 2.43. The number of halogens is 2. The molecule has 2 aromatic rings. The molecule has 0 heterocycles. The van der Waals surface area contributed by atoms with Crippen molar-refractivity contribution in [3.05, 3.63) is 64.1 Å². The highest BCUT2D eigenvalue weighted by Gasteiger charge is 2.01. The van der Waals surface area contributed by atoms with Gasteiger partial charge in [-0.05, 0) is 48.4 Å². The van der Waals surface area contributed by atoms with Crippen LogP contribution < -0.4 is 5.43 Å². The molecule has 98 valence electrons. The maximum absolute atomic E-state index is 5.88. The van der Waals surface area contributed by atoms with Crippen molar-refractivity contribution in [2.45, 2.75) is 13.3 Å². The maximum atomic E-state index is 5.88. The lowest BCUT2D eigenvalue weighted by molar-refractivity contribution is 1.22. The molecule has 4 heteroatoms. The van der Waals surface area contributed by atoms with Crippen LogP contribution in [0.1, 0.15) is 18.9 Å². The van der Waals surface area contributed by atoms with Crippen LogP contribution in [0.15, 0.2) is 53.6 Å². The number of anilines is 1. The molecule has 0 bridgehead atoms. The lowest BCUT2D eigenvalue weighted by Gasteiger charge is -2.06. The molecule has 0 atom stereocenters. The third-order valence-electron chi connectivity index (χ3n) is 2.68. The molecule has 0 saturated heterocycles. The SMILES string of the molecule is CC/C(=N/Nc1ccc(Cl)cc1)c1ccc(Cl)cc1. The lowest BCUT2D eigenvalue weighted by Crippen LogP contribution is -2.02. The summed E-state index contributed by atoms with van der Waals surface area (Å²) in [6, 6.07) is 15.1. The van der Waals surface area contributed by atoms with Crippen LogP contribution in [-0.4, -0.2) is 5.71 Å². The van der Waals surface area contributed by atoms with Crippen molar-refractivity contribution in [3.8, 4) is 0 Å². The summed E-state index contributed by atoms with van der Waals surface area (Å²) in [6.07, 6.45) is 0.836. The van der Waals surface area contributed by atoms with Gasteiger partial charge in [-0.1, -0.05) is 42.3 Å². The first-order valence-electron chi connectivity index (χ1n) is 6.03. The van der Waals surface area contributed by atoms with Crippen LogP contribution in [0.3, 0.4) is 0 Å². The Labute approximate surface area is 123 Å². The first-order chi connectivity index (χ1) is 9.19. The minimum absolute atomic E-state index is 0.711. The summed E-state index contributed by atoms with van der Waals surface area (Å²) in [4.78, 5) is 0. The molecular formula is C15H14Cl2N2. The van der Waals surface area contributed by atoms with E-state index in [1.54, 1.807) is 0 Å². The van der Waals surface area contributed by atoms with Crippen molar-refractivity contribution in [3.63, 3.8) is 0 Å². The molecule has 0 radical (unpaired) electrons. The molecule has 0 aliphatic heterocycles. The second kappa shape index (κ2) is 6.60. The molecule has 0 aromatic heterocycles. The number of hydrogen-bond acceptors (Lipinski definition) is 2. The Morgan fingerprint density at radius 1 is 0.947 bits per heavy atom. The number of nitrogens with zero attached hydrogens (tertiary/aromatic N) is 1. The fourth-order valence-electron chi connectivity index (χ4n) is 1.65. The number of benzene rings is 2. The summed E-state index contributed by atoms with van der Waals surface area (Å²) >= 11 is 11.7. The third kappa shape index (κ3) is 3.98. The van der Waals surface area contributed by atoms with Gasteiger partial charge in [0.2, 0.25) is 0 Å². The Bertz CT molecular complexity index is 560. The summed E-state index contributed by atoms with van der Waals surface area (Å²) in [5, 5.41) is 5.86. The molecule has 0 aliphatic rings. The molecule has 0 aliphatic carbocycles. The second-order valence-electron chi connectivity index (χ2n) is 4.04. The number of hydrogen-bond donors (Lipinski definition) is 1. The van der Waals surface area contributed by atoms with Crippen LogP contribution in [0.2, 0.25) is 10.0 Å². The predicted molar refractivity (Wildman–Crippen MR) is 83.4 cm³/mol. The molecule has 2 nitrogen and oxygen atoms in total. The van der Waals surface area contributed by atoms with Gasteiger partial charge in [-0.15, -0.1) is 0 Å². The minimum atomic E-state index is 0.711. The minimum Gasteiger partial charge on any atom is -0.278 e. The van der Waals surface area contributed by atoms with Crippen LogP contribution in [0.5, 0.6) is 0 Å².